The predicted octanol–water partition coefficient (Wildman–Crippen LogP) is 2.62. The van der Waals surface area contributed by atoms with E-state index in [1.807, 2.05) is 0 Å². The molecule has 0 aliphatic heterocycles. The van der Waals surface area contributed by atoms with E-state index >= 15 is 0 Å². The zero-order chi connectivity index (χ0) is 21.1. The molecule has 2 aromatic carbocycles. The Balaban J connectivity index is 0.000000523. The predicted molar refractivity (Wildman–Crippen MR) is 100 cm³/mol. The number of carbonyl (C=O) groups excluding carboxylic acids is 4. The molecule has 0 atom stereocenters. The van der Waals surface area contributed by atoms with Crippen LogP contribution in [0.3, 0.4) is 0 Å². The molecule has 0 N–H and O–H groups in total. The van der Waals surface area contributed by atoms with E-state index in [0.29, 0.717) is 12.8 Å². The van der Waals surface area contributed by atoms with Crippen molar-refractivity contribution < 1.29 is 46.5 Å². The summed E-state index contributed by atoms with van der Waals surface area (Å²) in [6, 6.07) is 11.9. The fourth-order valence-corrected chi connectivity index (χ4v) is 2.19. The third-order valence-electron chi connectivity index (χ3n) is 3.88. The summed E-state index contributed by atoms with van der Waals surface area (Å²) in [5.41, 5.74) is 0.212. The van der Waals surface area contributed by atoms with Crippen LogP contribution in [0.5, 0.6) is 11.5 Å². The van der Waals surface area contributed by atoms with Crippen LogP contribution < -0.4 is 10.2 Å². The van der Waals surface area contributed by atoms with E-state index in [4.69, 9.17) is 0 Å². The molecule has 6 nitrogen and oxygen atoms in total. The van der Waals surface area contributed by atoms with Crippen LogP contribution in [0.25, 0.3) is 0 Å². The fraction of sp³-hybridized carbons (Fsp3) is 0.273. The average Bonchev–Trinajstić information content (AvgIpc) is 2.68. The summed E-state index contributed by atoms with van der Waals surface area (Å²) in [5.74, 6) is -1.69. The summed E-state index contributed by atoms with van der Waals surface area (Å²) in [4.78, 5) is 44.8. The second-order valence-corrected chi connectivity index (χ2v) is 5.98. The zero-order valence-electron chi connectivity index (χ0n) is 16.2. The van der Waals surface area contributed by atoms with Gasteiger partial charge in [-0.15, -0.1) is 0 Å². The van der Waals surface area contributed by atoms with Gasteiger partial charge in [0, 0.05) is 24.0 Å². The molecular weight excluding hydrogens is 424 g/mol. The standard InChI is InChI=1S/2C11H12O3.Cu/c2*1-2-8(12)7-11(14)9-5-3-4-6-10(9)13;/h2*3-6,13H,2,7H2,1H3;/q;;+2/p-2. The van der Waals surface area contributed by atoms with Crippen LogP contribution in [-0.4, -0.2) is 23.1 Å². The van der Waals surface area contributed by atoms with E-state index < -0.39 is 0 Å². The normalized spacial score (nSPS) is 9.45. The van der Waals surface area contributed by atoms with E-state index in [1.165, 1.54) is 24.3 Å². The first-order valence-electron chi connectivity index (χ1n) is 8.91. The maximum absolute atomic E-state index is 11.4. The number of carbonyl (C=O) groups is 4. The molecule has 1 radical (unpaired) electrons. The molecular formula is C22H22CuO6. The molecule has 0 spiro atoms. The summed E-state index contributed by atoms with van der Waals surface area (Å²) in [7, 11) is 0. The summed E-state index contributed by atoms with van der Waals surface area (Å²) >= 11 is 0. The number of hydrogen-bond donors (Lipinski definition) is 0. The van der Waals surface area contributed by atoms with Crippen molar-refractivity contribution in [1.29, 1.82) is 0 Å². The molecule has 0 fully saturated rings. The molecule has 7 heteroatoms. The Morgan fingerprint density at radius 3 is 1.24 bits per heavy atom. The van der Waals surface area contributed by atoms with Gasteiger partial charge in [0.05, 0.1) is 12.8 Å². The third kappa shape index (κ3) is 8.85. The molecule has 0 heterocycles. The van der Waals surface area contributed by atoms with Crippen LogP contribution in [0.1, 0.15) is 60.2 Å². The Hall–Kier alpha value is -2.76. The number of ketones is 4. The van der Waals surface area contributed by atoms with Gasteiger partial charge in [-0.1, -0.05) is 73.9 Å². The first-order chi connectivity index (χ1) is 13.3. The maximum atomic E-state index is 11.4. The van der Waals surface area contributed by atoms with Crippen molar-refractivity contribution in [1.82, 2.24) is 0 Å². The minimum Gasteiger partial charge on any atom is -0.872 e. The van der Waals surface area contributed by atoms with Crippen molar-refractivity contribution in [3.05, 3.63) is 59.7 Å². The zero-order valence-corrected chi connectivity index (χ0v) is 17.1. The SMILES string of the molecule is CCC(=O)CC(=O)c1ccccc1[O-].CCC(=O)CC(=O)c1ccccc1[O-].[Cu+2]. The third-order valence-corrected chi connectivity index (χ3v) is 3.88. The number of Topliss-reactive ketones (excluding diaryl/α,β-unsaturated/α-hetero) is 4. The van der Waals surface area contributed by atoms with Crippen LogP contribution >= 0.6 is 0 Å². The minimum absolute atomic E-state index is 0. The summed E-state index contributed by atoms with van der Waals surface area (Å²) in [6.07, 6.45) is 0.311. The van der Waals surface area contributed by atoms with E-state index in [0.717, 1.165) is 0 Å². The molecule has 2 aromatic rings. The number of benzene rings is 2. The van der Waals surface area contributed by atoms with E-state index in [1.54, 1.807) is 38.1 Å². The Morgan fingerprint density at radius 2 is 0.966 bits per heavy atom. The van der Waals surface area contributed by atoms with Crippen LogP contribution in [0.2, 0.25) is 0 Å². The van der Waals surface area contributed by atoms with Gasteiger partial charge in [-0.2, -0.15) is 0 Å². The van der Waals surface area contributed by atoms with Crippen molar-refractivity contribution in [2.24, 2.45) is 0 Å². The first kappa shape index (κ1) is 26.2. The summed E-state index contributed by atoms with van der Waals surface area (Å²) in [5, 5.41) is 22.4. The molecule has 0 aliphatic carbocycles. The van der Waals surface area contributed by atoms with Gasteiger partial charge in [-0.05, 0) is 0 Å². The van der Waals surface area contributed by atoms with Gasteiger partial charge in [0.2, 0.25) is 0 Å². The first-order valence-corrected chi connectivity index (χ1v) is 8.91. The second-order valence-electron chi connectivity index (χ2n) is 5.98. The van der Waals surface area contributed by atoms with Crippen molar-refractivity contribution in [3.63, 3.8) is 0 Å². The van der Waals surface area contributed by atoms with E-state index in [9.17, 15) is 29.4 Å². The van der Waals surface area contributed by atoms with E-state index in [-0.39, 0.29) is 75.7 Å². The van der Waals surface area contributed by atoms with Crippen LogP contribution in [-0.2, 0) is 26.7 Å². The van der Waals surface area contributed by atoms with Crippen LogP contribution in [0.4, 0.5) is 0 Å². The topological polar surface area (TPSA) is 114 Å². The molecule has 0 unspecified atom stereocenters. The molecule has 0 bridgehead atoms. The fourth-order valence-electron chi connectivity index (χ4n) is 2.19. The molecule has 0 saturated carbocycles. The maximum Gasteiger partial charge on any atom is 2.00 e. The van der Waals surface area contributed by atoms with Gasteiger partial charge in [-0.25, -0.2) is 0 Å². The van der Waals surface area contributed by atoms with Crippen LogP contribution in [0.15, 0.2) is 48.5 Å². The molecule has 0 amide bonds. The van der Waals surface area contributed by atoms with Crippen molar-refractivity contribution >= 4 is 23.1 Å². The smallest absolute Gasteiger partial charge is 0.872 e. The molecule has 157 valence electrons. The van der Waals surface area contributed by atoms with E-state index in [2.05, 4.69) is 0 Å². The average molecular weight is 446 g/mol. The van der Waals surface area contributed by atoms with Crippen molar-refractivity contribution in [2.45, 2.75) is 39.5 Å². The van der Waals surface area contributed by atoms with Gasteiger partial charge in [0.15, 0.2) is 11.6 Å². The second kappa shape index (κ2) is 13.4. The van der Waals surface area contributed by atoms with Crippen LogP contribution in [0, 0.1) is 0 Å². The monoisotopic (exact) mass is 445 g/mol. The quantitative estimate of drug-likeness (QED) is 0.350. The van der Waals surface area contributed by atoms with Gasteiger partial charge in [0.1, 0.15) is 11.6 Å². The van der Waals surface area contributed by atoms with Crippen molar-refractivity contribution in [3.8, 4) is 11.5 Å². The van der Waals surface area contributed by atoms with Gasteiger partial charge >= 0.3 is 17.1 Å². The Morgan fingerprint density at radius 1 is 0.655 bits per heavy atom. The number of para-hydroxylation sites is 2. The molecule has 29 heavy (non-hydrogen) atoms. The molecule has 0 aromatic heterocycles. The summed E-state index contributed by atoms with van der Waals surface area (Å²) in [6.45, 7) is 3.39. The Bertz CT molecular complexity index is 788. The summed E-state index contributed by atoms with van der Waals surface area (Å²) < 4.78 is 0. The van der Waals surface area contributed by atoms with Gasteiger partial charge < -0.3 is 10.2 Å². The number of rotatable bonds is 8. The minimum atomic E-state index is -0.387. The molecule has 2 rings (SSSR count). The van der Waals surface area contributed by atoms with Gasteiger partial charge in [-0.3, -0.25) is 19.2 Å². The van der Waals surface area contributed by atoms with Gasteiger partial charge in [0.25, 0.3) is 0 Å². The largest absolute Gasteiger partial charge is 2.00 e. The molecule has 0 saturated heterocycles. The Kier molecular flexibility index (Phi) is 12.1. The Labute approximate surface area is 180 Å². The van der Waals surface area contributed by atoms with Crippen molar-refractivity contribution in [2.75, 3.05) is 0 Å². The molecule has 0 aliphatic rings. The number of hydrogen-bond acceptors (Lipinski definition) is 6.